The summed E-state index contributed by atoms with van der Waals surface area (Å²) >= 11 is 0. The molecule has 86 valence electrons. The molecule has 1 fully saturated rings. The molecule has 3 heteroatoms. The molecular weight excluding hydrogens is 205 g/mol. The molecule has 0 bridgehead atoms. The first kappa shape index (κ1) is 10.2. The largest absolute Gasteiger partial charge is 0.332 e. The highest BCUT2D eigenvalue weighted by Gasteiger charge is 2.47. The Labute approximate surface area is 94.8 Å². The zero-order valence-electron chi connectivity index (χ0n) is 9.37. The first-order valence-electron chi connectivity index (χ1n) is 5.86. The molecule has 1 saturated heterocycles. The quantitative estimate of drug-likeness (QED) is 0.787. The maximum Gasteiger partial charge on any atom is 0.226 e. The molecule has 2 aliphatic rings. The second-order valence-electron chi connectivity index (χ2n) is 4.78. The van der Waals surface area contributed by atoms with Crippen molar-refractivity contribution in [1.82, 2.24) is 5.32 Å². The van der Waals surface area contributed by atoms with Crippen molar-refractivity contribution in [3.8, 4) is 0 Å². The van der Waals surface area contributed by atoms with Gasteiger partial charge in [-0.25, -0.2) is 4.39 Å². The van der Waals surface area contributed by atoms with Crippen LogP contribution in [0.3, 0.4) is 0 Å². The molecule has 16 heavy (non-hydrogen) atoms. The summed E-state index contributed by atoms with van der Waals surface area (Å²) in [6, 6.07) is 7.85. The third-order valence-electron chi connectivity index (χ3n) is 3.81. The molecule has 1 aromatic carbocycles. The molecule has 0 saturated carbocycles. The second-order valence-corrected chi connectivity index (χ2v) is 4.78. The minimum absolute atomic E-state index is 0.231. The number of hydrogen-bond donors (Lipinski definition) is 1. The van der Waals surface area contributed by atoms with Crippen molar-refractivity contribution in [2.45, 2.75) is 37.8 Å². The van der Waals surface area contributed by atoms with Crippen LogP contribution in [0.1, 0.15) is 37.3 Å². The van der Waals surface area contributed by atoms with Crippen LogP contribution in [-0.2, 0) is 10.3 Å². The third kappa shape index (κ3) is 1.31. The monoisotopic (exact) mass is 221 g/mol. The highest BCUT2D eigenvalue weighted by molar-refractivity contribution is 5.38. The lowest BCUT2D eigenvalue weighted by Gasteiger charge is -2.31. The first-order chi connectivity index (χ1) is 7.72. The molecular formula is C13H16FNO. The van der Waals surface area contributed by atoms with Gasteiger partial charge in [0.05, 0.1) is 0 Å². The van der Waals surface area contributed by atoms with Gasteiger partial charge in [0, 0.05) is 11.6 Å². The molecule has 0 aliphatic carbocycles. The predicted octanol–water partition coefficient (Wildman–Crippen LogP) is 2.65. The van der Waals surface area contributed by atoms with Crippen LogP contribution in [0.5, 0.6) is 0 Å². The molecule has 2 nitrogen and oxygen atoms in total. The Morgan fingerprint density at radius 3 is 3.00 bits per heavy atom. The number of halogens is 1. The van der Waals surface area contributed by atoms with Gasteiger partial charge in [-0.2, -0.15) is 0 Å². The van der Waals surface area contributed by atoms with Crippen molar-refractivity contribution in [2.24, 2.45) is 0 Å². The molecule has 2 heterocycles. The van der Waals surface area contributed by atoms with Crippen LogP contribution in [-0.4, -0.2) is 12.6 Å². The van der Waals surface area contributed by atoms with Crippen molar-refractivity contribution >= 4 is 0 Å². The van der Waals surface area contributed by atoms with E-state index >= 15 is 0 Å². The van der Waals surface area contributed by atoms with Crippen molar-refractivity contribution in [3.05, 3.63) is 35.4 Å². The number of rotatable bonds is 1. The SMILES string of the molecule is C[C@@]1([C@H]2CCCN2)OC(F)c2ccccc21. The van der Waals surface area contributed by atoms with E-state index in [-0.39, 0.29) is 6.04 Å². The predicted molar refractivity (Wildman–Crippen MR) is 59.8 cm³/mol. The molecule has 0 radical (unpaired) electrons. The Bertz CT molecular complexity index is 403. The minimum atomic E-state index is -1.27. The number of benzene rings is 1. The molecule has 1 unspecified atom stereocenters. The highest BCUT2D eigenvalue weighted by Crippen LogP contribution is 2.47. The summed E-state index contributed by atoms with van der Waals surface area (Å²) in [5, 5.41) is 3.41. The molecule has 3 atom stereocenters. The van der Waals surface area contributed by atoms with Gasteiger partial charge >= 0.3 is 0 Å². The lowest BCUT2D eigenvalue weighted by molar-refractivity contribution is -0.137. The molecule has 3 rings (SSSR count). The van der Waals surface area contributed by atoms with Crippen LogP contribution in [0, 0.1) is 0 Å². The molecule has 0 spiro atoms. The highest BCUT2D eigenvalue weighted by atomic mass is 19.1. The fraction of sp³-hybridized carbons (Fsp3) is 0.538. The van der Waals surface area contributed by atoms with Gasteiger partial charge in [0.1, 0.15) is 5.60 Å². The van der Waals surface area contributed by atoms with E-state index in [1.807, 2.05) is 31.2 Å². The van der Waals surface area contributed by atoms with Gasteiger partial charge in [0.15, 0.2) is 0 Å². The lowest BCUT2D eigenvalue weighted by atomic mass is 9.86. The average Bonchev–Trinajstić information content (AvgIpc) is 2.89. The topological polar surface area (TPSA) is 21.3 Å². The van der Waals surface area contributed by atoms with E-state index in [0.29, 0.717) is 5.56 Å². The second kappa shape index (κ2) is 3.54. The Kier molecular flexibility index (Phi) is 2.26. The van der Waals surface area contributed by atoms with Gasteiger partial charge in [-0.3, -0.25) is 0 Å². The Hall–Kier alpha value is -0.930. The van der Waals surface area contributed by atoms with Crippen molar-refractivity contribution in [3.63, 3.8) is 0 Å². The van der Waals surface area contributed by atoms with Crippen LogP contribution < -0.4 is 5.32 Å². The molecule has 2 aliphatic heterocycles. The van der Waals surface area contributed by atoms with Gasteiger partial charge in [-0.15, -0.1) is 0 Å². The summed E-state index contributed by atoms with van der Waals surface area (Å²) in [5.74, 6) is 0. The van der Waals surface area contributed by atoms with Gasteiger partial charge < -0.3 is 10.1 Å². The van der Waals surface area contributed by atoms with Gasteiger partial charge in [-0.05, 0) is 31.9 Å². The summed E-state index contributed by atoms with van der Waals surface area (Å²) in [7, 11) is 0. The van der Waals surface area contributed by atoms with Crippen molar-refractivity contribution in [1.29, 1.82) is 0 Å². The molecule has 1 N–H and O–H groups in total. The fourth-order valence-electron chi connectivity index (χ4n) is 2.91. The van der Waals surface area contributed by atoms with E-state index in [0.717, 1.165) is 24.9 Å². The average molecular weight is 221 g/mol. The van der Waals surface area contributed by atoms with Gasteiger partial charge in [0.25, 0.3) is 0 Å². The van der Waals surface area contributed by atoms with E-state index < -0.39 is 12.0 Å². The van der Waals surface area contributed by atoms with E-state index in [2.05, 4.69) is 5.32 Å². The van der Waals surface area contributed by atoms with Gasteiger partial charge in [0.2, 0.25) is 6.36 Å². The third-order valence-corrected chi connectivity index (χ3v) is 3.81. The zero-order chi connectivity index (χ0) is 11.2. The number of fused-ring (bicyclic) bond motifs is 1. The van der Waals surface area contributed by atoms with Crippen LogP contribution >= 0.6 is 0 Å². The van der Waals surface area contributed by atoms with Gasteiger partial charge in [-0.1, -0.05) is 24.3 Å². The minimum Gasteiger partial charge on any atom is -0.332 e. The Balaban J connectivity index is 2.04. The van der Waals surface area contributed by atoms with Crippen molar-refractivity contribution < 1.29 is 9.13 Å². The maximum absolute atomic E-state index is 13.8. The molecule has 0 amide bonds. The number of nitrogens with one attached hydrogen (secondary N) is 1. The molecule has 1 aromatic rings. The summed E-state index contributed by atoms with van der Waals surface area (Å²) in [6.07, 6.45) is 0.920. The van der Waals surface area contributed by atoms with E-state index in [4.69, 9.17) is 4.74 Å². The van der Waals surface area contributed by atoms with Crippen LogP contribution in [0.2, 0.25) is 0 Å². The van der Waals surface area contributed by atoms with Crippen LogP contribution in [0.15, 0.2) is 24.3 Å². The number of hydrogen-bond acceptors (Lipinski definition) is 2. The number of alkyl halides is 1. The summed E-state index contributed by atoms with van der Waals surface area (Å²) in [6.45, 7) is 3.00. The summed E-state index contributed by atoms with van der Waals surface area (Å²) < 4.78 is 19.4. The normalized spacial score (nSPS) is 37.6. The Morgan fingerprint density at radius 1 is 1.44 bits per heavy atom. The summed E-state index contributed by atoms with van der Waals surface area (Å²) in [4.78, 5) is 0. The van der Waals surface area contributed by atoms with E-state index in [1.54, 1.807) is 0 Å². The fourth-order valence-corrected chi connectivity index (χ4v) is 2.91. The van der Waals surface area contributed by atoms with Crippen molar-refractivity contribution in [2.75, 3.05) is 6.54 Å². The standard InChI is InChI=1S/C13H16FNO/c1-13(11-7-4-8-15-11)10-6-3-2-5-9(10)12(14)16-13/h2-3,5-6,11-12,15H,4,7-8H2,1H3/t11-,12?,13-/m1/s1. The van der Waals surface area contributed by atoms with E-state index in [9.17, 15) is 4.39 Å². The zero-order valence-corrected chi connectivity index (χ0v) is 9.37. The van der Waals surface area contributed by atoms with E-state index in [1.165, 1.54) is 0 Å². The first-order valence-corrected chi connectivity index (χ1v) is 5.86. The lowest BCUT2D eigenvalue weighted by Crippen LogP contribution is -2.42. The molecule has 0 aromatic heterocycles. The van der Waals surface area contributed by atoms with Crippen LogP contribution in [0.4, 0.5) is 4.39 Å². The number of ether oxygens (including phenoxy) is 1. The van der Waals surface area contributed by atoms with Crippen LogP contribution in [0.25, 0.3) is 0 Å². The maximum atomic E-state index is 13.8. The summed E-state index contributed by atoms with van der Waals surface area (Å²) in [5.41, 5.74) is 1.19. The smallest absolute Gasteiger partial charge is 0.226 e. The Morgan fingerprint density at radius 2 is 2.25 bits per heavy atom.